The van der Waals surface area contributed by atoms with Crippen LogP contribution in [0.2, 0.25) is 0 Å². The standard InChI is InChI=1S/C9H15N3O2/c1-5-8(3-7(13)4-10)9(14)12-6(2)11-5/h7,13H,3-4,10H2,1-2H3,(H,11,12,14). The van der Waals surface area contributed by atoms with Gasteiger partial charge < -0.3 is 15.8 Å². The molecule has 1 unspecified atom stereocenters. The van der Waals surface area contributed by atoms with Crippen LogP contribution >= 0.6 is 0 Å². The smallest absolute Gasteiger partial charge is 0.254 e. The molecule has 0 saturated carbocycles. The molecule has 14 heavy (non-hydrogen) atoms. The van der Waals surface area contributed by atoms with Crippen LogP contribution in [0.3, 0.4) is 0 Å². The number of H-pyrrole nitrogens is 1. The molecule has 1 aromatic rings. The molecule has 0 amide bonds. The number of aryl methyl sites for hydroxylation is 2. The maximum Gasteiger partial charge on any atom is 0.254 e. The summed E-state index contributed by atoms with van der Waals surface area (Å²) in [5, 5.41) is 9.32. The second kappa shape index (κ2) is 4.34. The highest BCUT2D eigenvalue weighted by Crippen LogP contribution is 2.02. The molecule has 78 valence electrons. The Morgan fingerprint density at radius 3 is 2.71 bits per heavy atom. The van der Waals surface area contributed by atoms with E-state index in [0.717, 1.165) is 0 Å². The number of aromatic amines is 1. The molecule has 1 aromatic heterocycles. The van der Waals surface area contributed by atoms with E-state index in [1.165, 1.54) is 0 Å². The highest BCUT2D eigenvalue weighted by molar-refractivity contribution is 5.17. The summed E-state index contributed by atoms with van der Waals surface area (Å²) in [6.07, 6.45) is -0.426. The molecule has 1 rings (SSSR count). The zero-order valence-corrected chi connectivity index (χ0v) is 8.37. The van der Waals surface area contributed by atoms with Crippen LogP contribution in [-0.4, -0.2) is 27.7 Å². The Morgan fingerprint density at radius 2 is 2.21 bits per heavy atom. The SMILES string of the molecule is Cc1nc(C)c(CC(O)CN)c(=O)[nH]1. The third-order valence-corrected chi connectivity index (χ3v) is 2.05. The van der Waals surface area contributed by atoms with Gasteiger partial charge in [-0.3, -0.25) is 4.79 Å². The van der Waals surface area contributed by atoms with E-state index in [-0.39, 0.29) is 18.5 Å². The lowest BCUT2D eigenvalue weighted by Crippen LogP contribution is -2.27. The molecule has 0 aliphatic carbocycles. The molecule has 0 bridgehead atoms. The van der Waals surface area contributed by atoms with Crippen molar-refractivity contribution in [2.45, 2.75) is 26.4 Å². The fraction of sp³-hybridized carbons (Fsp3) is 0.556. The molecule has 0 aliphatic rings. The van der Waals surface area contributed by atoms with Crippen molar-refractivity contribution in [2.75, 3.05) is 6.54 Å². The zero-order valence-electron chi connectivity index (χ0n) is 8.37. The quantitative estimate of drug-likeness (QED) is 0.594. The molecule has 0 radical (unpaired) electrons. The van der Waals surface area contributed by atoms with Crippen LogP contribution < -0.4 is 11.3 Å². The van der Waals surface area contributed by atoms with E-state index in [1.807, 2.05) is 0 Å². The molecule has 1 heterocycles. The summed E-state index contributed by atoms with van der Waals surface area (Å²) < 4.78 is 0. The van der Waals surface area contributed by atoms with E-state index in [0.29, 0.717) is 17.1 Å². The van der Waals surface area contributed by atoms with Gasteiger partial charge in [0.05, 0.1) is 6.10 Å². The van der Waals surface area contributed by atoms with Crippen LogP contribution in [0.25, 0.3) is 0 Å². The second-order valence-corrected chi connectivity index (χ2v) is 3.31. The van der Waals surface area contributed by atoms with Crippen LogP contribution in [0.5, 0.6) is 0 Å². The Balaban J connectivity index is 3.03. The predicted molar refractivity (Wildman–Crippen MR) is 53.1 cm³/mol. The van der Waals surface area contributed by atoms with Crippen LogP contribution in [-0.2, 0) is 6.42 Å². The maximum atomic E-state index is 11.5. The Morgan fingerprint density at radius 1 is 1.57 bits per heavy atom. The van der Waals surface area contributed by atoms with Gasteiger partial charge in [0.2, 0.25) is 0 Å². The minimum Gasteiger partial charge on any atom is -0.391 e. The molecule has 0 aliphatic heterocycles. The first kappa shape index (κ1) is 10.9. The molecule has 0 spiro atoms. The fourth-order valence-corrected chi connectivity index (χ4v) is 1.31. The molecule has 0 fully saturated rings. The van der Waals surface area contributed by atoms with E-state index in [4.69, 9.17) is 5.73 Å². The number of hydrogen-bond donors (Lipinski definition) is 3. The lowest BCUT2D eigenvalue weighted by molar-refractivity contribution is 0.182. The third-order valence-electron chi connectivity index (χ3n) is 2.05. The van der Waals surface area contributed by atoms with Gasteiger partial charge in [0.1, 0.15) is 5.82 Å². The normalized spacial score (nSPS) is 12.9. The number of aliphatic hydroxyl groups is 1. The van der Waals surface area contributed by atoms with E-state index in [9.17, 15) is 9.90 Å². The Labute approximate surface area is 82.0 Å². The molecular weight excluding hydrogens is 182 g/mol. The number of aromatic nitrogens is 2. The Hall–Kier alpha value is -1.20. The second-order valence-electron chi connectivity index (χ2n) is 3.31. The minimum atomic E-state index is -0.681. The average molecular weight is 197 g/mol. The molecule has 4 N–H and O–H groups in total. The number of nitrogens with two attached hydrogens (primary N) is 1. The summed E-state index contributed by atoms with van der Waals surface area (Å²) in [6, 6.07) is 0. The van der Waals surface area contributed by atoms with E-state index in [1.54, 1.807) is 13.8 Å². The molecule has 1 atom stereocenters. The van der Waals surface area contributed by atoms with Crippen molar-refractivity contribution in [3.8, 4) is 0 Å². The highest BCUT2D eigenvalue weighted by Gasteiger charge is 2.10. The van der Waals surface area contributed by atoms with E-state index in [2.05, 4.69) is 9.97 Å². The minimum absolute atomic E-state index is 0.146. The van der Waals surface area contributed by atoms with Gasteiger partial charge >= 0.3 is 0 Å². The summed E-state index contributed by atoms with van der Waals surface area (Å²) in [5.41, 5.74) is 6.23. The number of hydrogen-bond acceptors (Lipinski definition) is 4. The Kier molecular flexibility index (Phi) is 3.38. The molecular formula is C9H15N3O2. The predicted octanol–water partition coefficient (Wildman–Crippen LogP) is -0.751. The van der Waals surface area contributed by atoms with Crippen molar-refractivity contribution in [3.63, 3.8) is 0 Å². The van der Waals surface area contributed by atoms with Crippen molar-refractivity contribution >= 4 is 0 Å². The van der Waals surface area contributed by atoms with Crippen molar-refractivity contribution in [1.29, 1.82) is 0 Å². The fourth-order valence-electron chi connectivity index (χ4n) is 1.31. The monoisotopic (exact) mass is 197 g/mol. The maximum absolute atomic E-state index is 11.5. The lowest BCUT2D eigenvalue weighted by Gasteiger charge is -2.08. The van der Waals surface area contributed by atoms with Crippen LogP contribution in [0.1, 0.15) is 17.1 Å². The molecule has 5 heteroatoms. The number of nitrogens with zero attached hydrogens (tertiary/aromatic N) is 1. The Bertz CT molecular complexity index is 373. The van der Waals surface area contributed by atoms with Gasteiger partial charge in [-0.25, -0.2) is 4.98 Å². The van der Waals surface area contributed by atoms with Crippen LogP contribution in [0.4, 0.5) is 0 Å². The summed E-state index contributed by atoms with van der Waals surface area (Å²) in [7, 11) is 0. The summed E-state index contributed by atoms with van der Waals surface area (Å²) >= 11 is 0. The zero-order chi connectivity index (χ0) is 10.7. The molecule has 0 saturated heterocycles. The van der Waals surface area contributed by atoms with Gasteiger partial charge in [0, 0.05) is 24.2 Å². The van der Waals surface area contributed by atoms with Crippen LogP contribution in [0.15, 0.2) is 4.79 Å². The lowest BCUT2D eigenvalue weighted by atomic mass is 10.1. The molecule has 5 nitrogen and oxygen atoms in total. The van der Waals surface area contributed by atoms with Gasteiger partial charge in [0.25, 0.3) is 5.56 Å². The van der Waals surface area contributed by atoms with Crippen molar-refractivity contribution < 1.29 is 5.11 Å². The van der Waals surface area contributed by atoms with Crippen molar-refractivity contribution in [1.82, 2.24) is 9.97 Å². The average Bonchev–Trinajstić information content (AvgIpc) is 2.10. The highest BCUT2D eigenvalue weighted by atomic mass is 16.3. The van der Waals surface area contributed by atoms with E-state index >= 15 is 0 Å². The molecule has 0 aromatic carbocycles. The van der Waals surface area contributed by atoms with Gasteiger partial charge in [-0.15, -0.1) is 0 Å². The van der Waals surface area contributed by atoms with Gasteiger partial charge in [0.15, 0.2) is 0 Å². The topological polar surface area (TPSA) is 92.0 Å². The number of aliphatic hydroxyl groups excluding tert-OH is 1. The van der Waals surface area contributed by atoms with Crippen molar-refractivity contribution in [2.24, 2.45) is 5.73 Å². The van der Waals surface area contributed by atoms with Crippen LogP contribution in [0, 0.1) is 13.8 Å². The first-order valence-corrected chi connectivity index (χ1v) is 4.49. The van der Waals surface area contributed by atoms with Gasteiger partial charge in [-0.2, -0.15) is 0 Å². The van der Waals surface area contributed by atoms with Gasteiger partial charge in [-0.1, -0.05) is 0 Å². The number of nitrogens with one attached hydrogen (secondary N) is 1. The van der Waals surface area contributed by atoms with Gasteiger partial charge in [-0.05, 0) is 13.8 Å². The third kappa shape index (κ3) is 2.40. The first-order chi connectivity index (χ1) is 6.54. The van der Waals surface area contributed by atoms with E-state index < -0.39 is 6.10 Å². The first-order valence-electron chi connectivity index (χ1n) is 4.49. The summed E-state index contributed by atoms with van der Waals surface area (Å²) in [6.45, 7) is 3.62. The summed E-state index contributed by atoms with van der Waals surface area (Å²) in [4.78, 5) is 18.2. The van der Waals surface area contributed by atoms with Crippen molar-refractivity contribution in [3.05, 3.63) is 27.4 Å². The number of rotatable bonds is 3. The summed E-state index contributed by atoms with van der Waals surface area (Å²) in [5.74, 6) is 0.582. The largest absolute Gasteiger partial charge is 0.391 e.